The van der Waals surface area contributed by atoms with Gasteiger partial charge in [0.25, 0.3) is 0 Å². The fourth-order valence-electron chi connectivity index (χ4n) is 2.88. The summed E-state index contributed by atoms with van der Waals surface area (Å²) in [7, 11) is 0. The maximum Gasteiger partial charge on any atom is 0.242 e. The van der Waals surface area contributed by atoms with Crippen LogP contribution in [0.1, 0.15) is 16.4 Å². The molecule has 30 heavy (non-hydrogen) atoms. The highest BCUT2D eigenvalue weighted by Crippen LogP contribution is 2.35. The Bertz CT molecular complexity index is 1100. The van der Waals surface area contributed by atoms with Gasteiger partial charge in [-0.3, -0.25) is 4.79 Å². The molecule has 0 saturated carbocycles. The van der Waals surface area contributed by atoms with Gasteiger partial charge in [0.05, 0.1) is 6.54 Å². The summed E-state index contributed by atoms with van der Waals surface area (Å²) in [5, 5.41) is 14.8. The minimum absolute atomic E-state index is 0.243. The topological polar surface area (TPSA) is 72.7 Å². The number of rotatable bonds is 7. The standard InChI is InChI=1S/C22H18FN5OS/c23-18-11-13-19(14-12-18)24-21(29)20(17-9-5-2-6-10-17)30-22-25-26-27-28(22)15-16-7-3-1-4-8-16/h1-14,20H,15H2,(H,24,29)/t20-/m1/s1. The Morgan fingerprint density at radius 1 is 0.967 bits per heavy atom. The van der Waals surface area contributed by atoms with Crippen LogP contribution in [0.15, 0.2) is 90.1 Å². The summed E-state index contributed by atoms with van der Waals surface area (Å²) in [4.78, 5) is 13.1. The van der Waals surface area contributed by atoms with E-state index in [1.807, 2.05) is 60.7 Å². The molecule has 0 spiro atoms. The van der Waals surface area contributed by atoms with Gasteiger partial charge in [0.15, 0.2) is 0 Å². The highest BCUT2D eigenvalue weighted by atomic mass is 32.2. The first-order valence-electron chi connectivity index (χ1n) is 9.27. The molecular weight excluding hydrogens is 401 g/mol. The zero-order valence-electron chi connectivity index (χ0n) is 15.9. The fraction of sp³-hybridized carbons (Fsp3) is 0.0909. The Hall–Kier alpha value is -3.52. The van der Waals surface area contributed by atoms with Crippen LogP contribution in [-0.4, -0.2) is 26.1 Å². The molecule has 3 aromatic carbocycles. The summed E-state index contributed by atoms with van der Waals surface area (Å²) >= 11 is 1.27. The van der Waals surface area contributed by atoms with E-state index in [-0.39, 0.29) is 11.7 Å². The van der Waals surface area contributed by atoms with E-state index >= 15 is 0 Å². The zero-order valence-corrected chi connectivity index (χ0v) is 16.7. The average molecular weight is 419 g/mol. The third-order valence-corrected chi connectivity index (χ3v) is 5.57. The van der Waals surface area contributed by atoms with Crippen LogP contribution in [0.4, 0.5) is 10.1 Å². The molecule has 0 unspecified atom stereocenters. The molecule has 0 radical (unpaired) electrons. The molecule has 0 aliphatic carbocycles. The van der Waals surface area contributed by atoms with Crippen molar-refractivity contribution in [3.05, 3.63) is 102 Å². The van der Waals surface area contributed by atoms with Crippen molar-refractivity contribution in [2.75, 3.05) is 5.32 Å². The second-order valence-electron chi connectivity index (χ2n) is 6.51. The largest absolute Gasteiger partial charge is 0.325 e. The predicted octanol–water partition coefficient (Wildman–Crippen LogP) is 4.33. The van der Waals surface area contributed by atoms with Crippen molar-refractivity contribution in [1.82, 2.24) is 20.2 Å². The number of aromatic nitrogens is 4. The first kappa shape index (κ1) is 19.8. The lowest BCUT2D eigenvalue weighted by Crippen LogP contribution is -2.19. The number of hydrogen-bond acceptors (Lipinski definition) is 5. The van der Waals surface area contributed by atoms with Crippen molar-refractivity contribution >= 4 is 23.4 Å². The number of halogens is 1. The average Bonchev–Trinajstić information content (AvgIpc) is 3.21. The van der Waals surface area contributed by atoms with Crippen LogP contribution in [0.5, 0.6) is 0 Å². The lowest BCUT2D eigenvalue weighted by Gasteiger charge is -2.16. The van der Waals surface area contributed by atoms with E-state index in [2.05, 4.69) is 20.8 Å². The molecular formula is C22H18FN5OS. The van der Waals surface area contributed by atoms with Crippen LogP contribution < -0.4 is 5.32 Å². The summed E-state index contributed by atoms with van der Waals surface area (Å²) in [6, 6.07) is 24.9. The van der Waals surface area contributed by atoms with E-state index in [0.717, 1.165) is 11.1 Å². The molecule has 4 aromatic rings. The van der Waals surface area contributed by atoms with Gasteiger partial charge in [0, 0.05) is 5.69 Å². The molecule has 150 valence electrons. The molecule has 0 fully saturated rings. The normalized spacial score (nSPS) is 11.8. The van der Waals surface area contributed by atoms with Gasteiger partial charge < -0.3 is 5.32 Å². The van der Waals surface area contributed by atoms with E-state index in [1.165, 1.54) is 36.0 Å². The number of hydrogen-bond donors (Lipinski definition) is 1. The van der Waals surface area contributed by atoms with Crippen molar-refractivity contribution in [3.8, 4) is 0 Å². The molecule has 0 saturated heterocycles. The summed E-state index contributed by atoms with van der Waals surface area (Å²) in [6.07, 6.45) is 0. The number of carbonyl (C=O) groups excluding carboxylic acids is 1. The number of nitrogens with one attached hydrogen (secondary N) is 1. The highest BCUT2D eigenvalue weighted by molar-refractivity contribution is 8.00. The number of thioether (sulfide) groups is 1. The fourth-order valence-corrected chi connectivity index (χ4v) is 3.86. The van der Waals surface area contributed by atoms with E-state index in [1.54, 1.807) is 4.68 Å². The molecule has 1 heterocycles. The summed E-state index contributed by atoms with van der Waals surface area (Å²) < 4.78 is 14.8. The molecule has 8 heteroatoms. The molecule has 1 atom stereocenters. The van der Waals surface area contributed by atoms with Gasteiger partial charge in [0.1, 0.15) is 11.1 Å². The van der Waals surface area contributed by atoms with Gasteiger partial charge in [0.2, 0.25) is 11.1 Å². The van der Waals surface area contributed by atoms with Crippen LogP contribution in [0, 0.1) is 5.82 Å². The van der Waals surface area contributed by atoms with Crippen molar-refractivity contribution in [3.63, 3.8) is 0 Å². The SMILES string of the molecule is O=C(Nc1ccc(F)cc1)[C@H](Sc1nnnn1Cc1ccccc1)c1ccccc1. The third-order valence-electron chi connectivity index (χ3n) is 4.35. The number of tetrazole rings is 1. The monoisotopic (exact) mass is 419 g/mol. The minimum atomic E-state index is -0.586. The molecule has 6 nitrogen and oxygen atoms in total. The second kappa shape index (κ2) is 9.32. The number of anilines is 1. The molecule has 0 aliphatic rings. The number of nitrogens with zero attached hydrogens (tertiary/aromatic N) is 4. The summed E-state index contributed by atoms with van der Waals surface area (Å²) in [6.45, 7) is 0.497. The Balaban J connectivity index is 1.58. The molecule has 4 rings (SSSR count). The molecule has 1 aromatic heterocycles. The lowest BCUT2D eigenvalue weighted by molar-refractivity contribution is -0.115. The zero-order chi connectivity index (χ0) is 20.8. The van der Waals surface area contributed by atoms with Crippen molar-refractivity contribution in [2.24, 2.45) is 0 Å². The third kappa shape index (κ3) is 4.90. The Morgan fingerprint density at radius 3 is 2.33 bits per heavy atom. The van der Waals surface area contributed by atoms with Crippen molar-refractivity contribution < 1.29 is 9.18 Å². The van der Waals surface area contributed by atoms with Crippen molar-refractivity contribution in [1.29, 1.82) is 0 Å². The van der Waals surface area contributed by atoms with E-state index in [4.69, 9.17) is 0 Å². The van der Waals surface area contributed by atoms with E-state index in [9.17, 15) is 9.18 Å². The molecule has 0 aliphatic heterocycles. The second-order valence-corrected chi connectivity index (χ2v) is 7.58. The van der Waals surface area contributed by atoms with E-state index in [0.29, 0.717) is 17.4 Å². The lowest BCUT2D eigenvalue weighted by atomic mass is 10.1. The van der Waals surface area contributed by atoms with Crippen LogP contribution in [-0.2, 0) is 11.3 Å². The van der Waals surface area contributed by atoms with Gasteiger partial charge in [-0.25, -0.2) is 9.07 Å². The Kier molecular flexibility index (Phi) is 6.14. The van der Waals surface area contributed by atoms with Gasteiger partial charge in [-0.15, -0.1) is 5.10 Å². The van der Waals surface area contributed by atoms with Crippen LogP contribution in [0.2, 0.25) is 0 Å². The number of carbonyl (C=O) groups is 1. The predicted molar refractivity (Wildman–Crippen MR) is 113 cm³/mol. The Labute approximate surface area is 177 Å². The Morgan fingerprint density at radius 2 is 1.63 bits per heavy atom. The first-order valence-corrected chi connectivity index (χ1v) is 10.1. The first-order chi connectivity index (χ1) is 14.7. The van der Waals surface area contributed by atoms with Gasteiger partial charge in [-0.2, -0.15) is 0 Å². The smallest absolute Gasteiger partial charge is 0.242 e. The number of amides is 1. The van der Waals surface area contributed by atoms with Gasteiger partial charge >= 0.3 is 0 Å². The molecule has 1 amide bonds. The number of benzene rings is 3. The van der Waals surface area contributed by atoms with Crippen LogP contribution in [0.3, 0.4) is 0 Å². The maximum absolute atomic E-state index is 13.2. The van der Waals surface area contributed by atoms with Gasteiger partial charge in [-0.05, 0) is 45.8 Å². The quantitative estimate of drug-likeness (QED) is 0.452. The highest BCUT2D eigenvalue weighted by Gasteiger charge is 2.25. The summed E-state index contributed by atoms with van der Waals surface area (Å²) in [5.74, 6) is -0.603. The maximum atomic E-state index is 13.2. The van der Waals surface area contributed by atoms with Crippen molar-refractivity contribution in [2.45, 2.75) is 17.0 Å². The molecule has 0 bridgehead atoms. The minimum Gasteiger partial charge on any atom is -0.325 e. The van der Waals surface area contributed by atoms with Crippen LogP contribution in [0.25, 0.3) is 0 Å². The van der Waals surface area contributed by atoms with Gasteiger partial charge in [-0.1, -0.05) is 72.4 Å². The van der Waals surface area contributed by atoms with Crippen LogP contribution >= 0.6 is 11.8 Å². The molecule has 1 N–H and O–H groups in total. The summed E-state index contributed by atoms with van der Waals surface area (Å²) in [5.41, 5.74) is 2.39. The van der Waals surface area contributed by atoms with E-state index < -0.39 is 5.25 Å².